The van der Waals surface area contributed by atoms with E-state index in [1.807, 2.05) is 29.7 Å². The number of rotatable bonds is 4. The summed E-state index contributed by atoms with van der Waals surface area (Å²) in [7, 11) is 0. The van der Waals surface area contributed by atoms with Crippen molar-refractivity contribution in [3.63, 3.8) is 0 Å². The van der Waals surface area contributed by atoms with Crippen molar-refractivity contribution in [3.8, 4) is 5.75 Å². The lowest BCUT2D eigenvalue weighted by molar-refractivity contribution is -0.127. The molecule has 2 aromatic carbocycles. The van der Waals surface area contributed by atoms with Gasteiger partial charge in [0.15, 0.2) is 6.10 Å². The number of nitrogens with one attached hydrogen (secondary N) is 1. The van der Waals surface area contributed by atoms with Crippen LogP contribution in [0.4, 0.5) is 0 Å². The van der Waals surface area contributed by atoms with Gasteiger partial charge in [-0.25, -0.2) is 10.6 Å². The number of hydrogen-bond acceptors (Lipinski definition) is 4. The second-order valence-corrected chi connectivity index (χ2v) is 4.27. The molecule has 0 saturated heterocycles. The van der Waals surface area contributed by atoms with Gasteiger partial charge >= 0.3 is 5.97 Å². The molecule has 1 unspecified atom stereocenters. The van der Waals surface area contributed by atoms with Gasteiger partial charge in [0.25, 0.3) is 5.91 Å². The van der Waals surface area contributed by atoms with Gasteiger partial charge in [-0.15, -0.1) is 0 Å². The number of benzene rings is 2. The lowest BCUT2D eigenvalue weighted by atomic mass is 10.1. The number of nitrogens with two attached hydrogens (primary N) is 1. The van der Waals surface area contributed by atoms with Crippen LogP contribution in [0.15, 0.2) is 36.4 Å². The molecule has 2 aromatic rings. The van der Waals surface area contributed by atoms with Gasteiger partial charge in [-0.2, -0.15) is 0 Å². The molecule has 20 heavy (non-hydrogen) atoms. The second kappa shape index (κ2) is 5.58. The van der Waals surface area contributed by atoms with E-state index in [9.17, 15) is 14.7 Å². The van der Waals surface area contributed by atoms with Crippen molar-refractivity contribution >= 4 is 22.6 Å². The lowest BCUT2D eigenvalue weighted by Crippen LogP contribution is -2.40. The van der Waals surface area contributed by atoms with Crippen LogP contribution in [0.5, 0.6) is 5.75 Å². The van der Waals surface area contributed by atoms with E-state index < -0.39 is 18.0 Å². The van der Waals surface area contributed by atoms with Crippen molar-refractivity contribution in [1.82, 2.24) is 5.43 Å². The predicted octanol–water partition coefficient (Wildman–Crippen LogP) is 1.30. The number of carbonyl (C=O) groups excluding carboxylic acids is 1. The molecular weight excluding hydrogens is 260 g/mol. The Kier molecular flexibility index (Phi) is 3.86. The van der Waals surface area contributed by atoms with E-state index in [0.29, 0.717) is 0 Å². The van der Waals surface area contributed by atoms with E-state index in [-0.39, 0.29) is 11.3 Å². The standard InChI is InChI=1S/C14H14N2O4/c1-8(13(17)16-15)20-12-7-10-5-3-2-4-9(10)6-11(12)14(18)19/h2-8H,15H2,1H3,(H,16,17)(H,18,19). The summed E-state index contributed by atoms with van der Waals surface area (Å²) in [6, 6.07) is 10.4. The minimum atomic E-state index is -1.12. The molecule has 0 saturated carbocycles. The summed E-state index contributed by atoms with van der Waals surface area (Å²) in [4.78, 5) is 22.6. The summed E-state index contributed by atoms with van der Waals surface area (Å²) in [6.07, 6.45) is -0.890. The number of hydrogen-bond donors (Lipinski definition) is 3. The molecule has 0 aliphatic heterocycles. The maximum atomic E-state index is 11.4. The van der Waals surface area contributed by atoms with Gasteiger partial charge in [0.05, 0.1) is 0 Å². The zero-order valence-electron chi connectivity index (χ0n) is 10.8. The van der Waals surface area contributed by atoms with Crippen molar-refractivity contribution in [2.24, 2.45) is 5.84 Å². The van der Waals surface area contributed by atoms with Crippen molar-refractivity contribution in [2.45, 2.75) is 13.0 Å². The SMILES string of the molecule is CC(Oc1cc2ccccc2cc1C(=O)O)C(=O)NN. The van der Waals surface area contributed by atoms with Gasteiger partial charge in [-0.3, -0.25) is 10.2 Å². The van der Waals surface area contributed by atoms with Crippen LogP contribution in [0.2, 0.25) is 0 Å². The van der Waals surface area contributed by atoms with Gasteiger partial charge in [-0.05, 0) is 29.8 Å². The third-order valence-electron chi connectivity index (χ3n) is 2.89. The number of carboxylic acids is 1. The van der Waals surface area contributed by atoms with Gasteiger partial charge in [0.1, 0.15) is 11.3 Å². The molecule has 0 spiro atoms. The van der Waals surface area contributed by atoms with Gasteiger partial charge in [0, 0.05) is 0 Å². The third kappa shape index (κ3) is 2.70. The first-order valence-electron chi connectivity index (χ1n) is 5.96. The topological polar surface area (TPSA) is 102 Å². The smallest absolute Gasteiger partial charge is 0.339 e. The number of aromatic carboxylic acids is 1. The van der Waals surface area contributed by atoms with E-state index in [1.165, 1.54) is 13.0 Å². The summed E-state index contributed by atoms with van der Waals surface area (Å²) < 4.78 is 5.39. The molecule has 0 aliphatic carbocycles. The van der Waals surface area contributed by atoms with E-state index in [2.05, 4.69) is 0 Å². The predicted molar refractivity (Wildman–Crippen MR) is 73.3 cm³/mol. The van der Waals surface area contributed by atoms with E-state index >= 15 is 0 Å². The minimum Gasteiger partial charge on any atom is -0.480 e. The summed E-state index contributed by atoms with van der Waals surface area (Å²) in [5.74, 6) is 3.50. The van der Waals surface area contributed by atoms with Crippen LogP contribution in [-0.2, 0) is 4.79 Å². The number of hydrazine groups is 1. The van der Waals surface area contributed by atoms with Crippen LogP contribution in [0.25, 0.3) is 10.8 Å². The molecular formula is C14H14N2O4. The molecule has 0 aromatic heterocycles. The van der Waals surface area contributed by atoms with Crippen molar-refractivity contribution in [1.29, 1.82) is 0 Å². The summed E-state index contributed by atoms with van der Waals surface area (Å²) >= 11 is 0. The summed E-state index contributed by atoms with van der Waals surface area (Å²) in [5, 5.41) is 10.8. The first-order chi connectivity index (χ1) is 9.52. The molecule has 0 bridgehead atoms. The Hall–Kier alpha value is -2.60. The fraction of sp³-hybridized carbons (Fsp3) is 0.143. The fourth-order valence-electron chi connectivity index (χ4n) is 1.85. The molecule has 6 heteroatoms. The number of fused-ring (bicyclic) bond motifs is 1. The van der Waals surface area contributed by atoms with E-state index in [1.54, 1.807) is 6.07 Å². The maximum Gasteiger partial charge on any atom is 0.339 e. The third-order valence-corrected chi connectivity index (χ3v) is 2.89. The average Bonchev–Trinajstić information content (AvgIpc) is 2.45. The van der Waals surface area contributed by atoms with Crippen LogP contribution >= 0.6 is 0 Å². The van der Waals surface area contributed by atoms with Crippen molar-refractivity contribution in [2.75, 3.05) is 0 Å². The second-order valence-electron chi connectivity index (χ2n) is 4.27. The van der Waals surface area contributed by atoms with Crippen LogP contribution in [0, 0.1) is 0 Å². The molecule has 0 fully saturated rings. The largest absolute Gasteiger partial charge is 0.480 e. The summed E-state index contributed by atoms with van der Waals surface area (Å²) in [6.45, 7) is 1.49. The highest BCUT2D eigenvalue weighted by molar-refractivity contribution is 5.98. The van der Waals surface area contributed by atoms with Gasteiger partial charge in [-0.1, -0.05) is 24.3 Å². The Morgan fingerprint density at radius 1 is 1.25 bits per heavy atom. The maximum absolute atomic E-state index is 11.4. The Balaban J connectivity index is 2.47. The molecule has 1 atom stereocenters. The quantitative estimate of drug-likeness (QED) is 0.443. The molecule has 1 amide bonds. The Morgan fingerprint density at radius 2 is 1.85 bits per heavy atom. The van der Waals surface area contributed by atoms with Crippen molar-refractivity contribution in [3.05, 3.63) is 42.0 Å². The first kappa shape index (κ1) is 13.8. The number of carboxylic acid groups (broad SMARTS) is 1. The highest BCUT2D eigenvalue weighted by Gasteiger charge is 2.18. The van der Waals surface area contributed by atoms with Gasteiger partial charge < -0.3 is 9.84 Å². The highest BCUT2D eigenvalue weighted by Crippen LogP contribution is 2.27. The van der Waals surface area contributed by atoms with E-state index in [4.69, 9.17) is 10.6 Å². The van der Waals surface area contributed by atoms with Crippen LogP contribution in [0.1, 0.15) is 17.3 Å². The highest BCUT2D eigenvalue weighted by atomic mass is 16.5. The monoisotopic (exact) mass is 274 g/mol. The Labute approximate surface area is 115 Å². The van der Waals surface area contributed by atoms with Gasteiger partial charge in [0.2, 0.25) is 0 Å². The molecule has 4 N–H and O–H groups in total. The zero-order valence-corrected chi connectivity index (χ0v) is 10.8. The lowest BCUT2D eigenvalue weighted by Gasteiger charge is -2.15. The van der Waals surface area contributed by atoms with Crippen molar-refractivity contribution < 1.29 is 19.4 Å². The van der Waals surface area contributed by atoms with E-state index in [0.717, 1.165) is 10.8 Å². The summed E-state index contributed by atoms with van der Waals surface area (Å²) in [5.41, 5.74) is 1.96. The Morgan fingerprint density at radius 3 is 2.40 bits per heavy atom. The number of carbonyl (C=O) groups is 2. The van der Waals surface area contributed by atoms with Crippen LogP contribution in [-0.4, -0.2) is 23.1 Å². The first-order valence-corrected chi connectivity index (χ1v) is 5.96. The normalized spacial score (nSPS) is 11.9. The number of amides is 1. The molecule has 0 radical (unpaired) electrons. The molecule has 104 valence electrons. The average molecular weight is 274 g/mol. The molecule has 0 heterocycles. The van der Waals surface area contributed by atoms with Crippen LogP contribution < -0.4 is 16.0 Å². The molecule has 2 rings (SSSR count). The zero-order chi connectivity index (χ0) is 14.7. The molecule has 6 nitrogen and oxygen atoms in total. The number of ether oxygens (including phenoxy) is 1. The minimum absolute atomic E-state index is 0.000344. The van der Waals surface area contributed by atoms with Crippen LogP contribution in [0.3, 0.4) is 0 Å². The Bertz CT molecular complexity index is 669. The molecule has 0 aliphatic rings. The fourth-order valence-corrected chi connectivity index (χ4v) is 1.85.